The van der Waals surface area contributed by atoms with Gasteiger partial charge < -0.3 is 14.8 Å². The minimum Gasteiger partial charge on any atom is -0.454 e. The van der Waals surface area contributed by atoms with Crippen LogP contribution in [0.1, 0.15) is 12.0 Å². The van der Waals surface area contributed by atoms with Gasteiger partial charge in [0.15, 0.2) is 16.6 Å². The zero-order valence-corrected chi connectivity index (χ0v) is 13.3. The number of nitrogens with one attached hydrogen (secondary N) is 1. The first-order valence-corrected chi connectivity index (χ1v) is 8.48. The maximum absolute atomic E-state index is 12.4. The molecule has 2 aliphatic rings. The summed E-state index contributed by atoms with van der Waals surface area (Å²) < 4.78 is 10.6. The molecule has 0 aromatic heterocycles. The number of hydrogen-bond acceptors (Lipinski definition) is 5. The van der Waals surface area contributed by atoms with Gasteiger partial charge >= 0.3 is 0 Å². The number of ether oxygens (including phenoxy) is 2. The second-order valence-electron chi connectivity index (χ2n) is 4.90. The molecule has 1 amide bonds. The number of carbonyl (C=O) groups is 1. The van der Waals surface area contributed by atoms with Crippen LogP contribution in [0, 0.1) is 0 Å². The molecule has 21 heavy (non-hydrogen) atoms. The fourth-order valence-corrected chi connectivity index (χ4v) is 3.15. The Morgan fingerprint density at radius 3 is 3.05 bits per heavy atom. The zero-order valence-electron chi connectivity index (χ0n) is 11.6. The lowest BCUT2D eigenvalue weighted by Gasteiger charge is -2.15. The highest BCUT2D eigenvalue weighted by molar-refractivity contribution is 7.98. The van der Waals surface area contributed by atoms with E-state index in [2.05, 4.69) is 5.32 Å². The van der Waals surface area contributed by atoms with Crippen molar-refractivity contribution in [2.75, 3.05) is 18.8 Å². The Bertz CT molecular complexity index is 579. The van der Waals surface area contributed by atoms with Gasteiger partial charge in [0.2, 0.25) is 6.79 Å². The lowest BCUT2D eigenvalue weighted by atomic mass is 10.2. The van der Waals surface area contributed by atoms with Crippen LogP contribution in [0.3, 0.4) is 0 Å². The third-order valence-electron chi connectivity index (χ3n) is 3.50. The molecule has 1 unspecified atom stereocenters. The van der Waals surface area contributed by atoms with Gasteiger partial charge in [0, 0.05) is 0 Å². The lowest BCUT2D eigenvalue weighted by molar-refractivity contribution is -0.127. The molecule has 5 nitrogen and oxygen atoms in total. The van der Waals surface area contributed by atoms with Crippen molar-refractivity contribution in [2.24, 2.45) is 0 Å². The van der Waals surface area contributed by atoms with Gasteiger partial charge in [-0.2, -0.15) is 11.8 Å². The summed E-state index contributed by atoms with van der Waals surface area (Å²) in [5.41, 5.74) is 0.974. The maximum atomic E-state index is 12.4. The van der Waals surface area contributed by atoms with Crippen LogP contribution >= 0.6 is 24.0 Å². The van der Waals surface area contributed by atoms with E-state index in [-0.39, 0.29) is 18.7 Å². The molecule has 2 aliphatic heterocycles. The molecular weight excluding hydrogens is 308 g/mol. The zero-order chi connectivity index (χ0) is 14.8. The molecule has 0 saturated carbocycles. The number of amides is 1. The van der Waals surface area contributed by atoms with E-state index in [1.54, 1.807) is 16.7 Å². The summed E-state index contributed by atoms with van der Waals surface area (Å²) in [5.74, 6) is 2.44. The quantitative estimate of drug-likeness (QED) is 0.833. The lowest BCUT2D eigenvalue weighted by Crippen LogP contribution is -2.31. The van der Waals surface area contributed by atoms with Crippen molar-refractivity contribution >= 4 is 35.0 Å². The van der Waals surface area contributed by atoms with E-state index in [1.165, 1.54) is 0 Å². The first-order chi connectivity index (χ1) is 10.2. The SMILES string of the molecule is CSCCC1NC(=S)N(Cc2ccc3c(c2)OCO3)C1=O. The van der Waals surface area contributed by atoms with Gasteiger partial charge in [-0.3, -0.25) is 9.69 Å². The fraction of sp³-hybridized carbons (Fsp3) is 0.429. The third-order valence-corrected chi connectivity index (χ3v) is 4.48. The Morgan fingerprint density at radius 1 is 1.43 bits per heavy atom. The highest BCUT2D eigenvalue weighted by Gasteiger charge is 2.34. The van der Waals surface area contributed by atoms with E-state index in [4.69, 9.17) is 21.7 Å². The maximum Gasteiger partial charge on any atom is 0.251 e. The largest absolute Gasteiger partial charge is 0.454 e. The number of hydrogen-bond donors (Lipinski definition) is 1. The van der Waals surface area contributed by atoms with E-state index in [0.29, 0.717) is 11.7 Å². The van der Waals surface area contributed by atoms with Crippen LogP contribution in [-0.4, -0.2) is 40.8 Å². The predicted octanol–water partition coefficient (Wildman–Crippen LogP) is 1.75. The minimum absolute atomic E-state index is 0.0479. The summed E-state index contributed by atoms with van der Waals surface area (Å²) in [6.07, 6.45) is 2.82. The van der Waals surface area contributed by atoms with E-state index >= 15 is 0 Å². The monoisotopic (exact) mass is 324 g/mol. The van der Waals surface area contributed by atoms with Crippen molar-refractivity contribution in [1.82, 2.24) is 10.2 Å². The molecule has 2 heterocycles. The number of thiocarbonyl (C=S) groups is 1. The Balaban J connectivity index is 1.69. The van der Waals surface area contributed by atoms with Crippen LogP contribution in [0.15, 0.2) is 18.2 Å². The average molecular weight is 324 g/mol. The van der Waals surface area contributed by atoms with E-state index in [1.807, 2.05) is 24.5 Å². The summed E-state index contributed by atoms with van der Waals surface area (Å²) in [4.78, 5) is 14.0. The third kappa shape index (κ3) is 2.94. The number of nitrogens with zero attached hydrogens (tertiary/aromatic N) is 1. The molecule has 1 saturated heterocycles. The smallest absolute Gasteiger partial charge is 0.251 e. The van der Waals surface area contributed by atoms with Crippen LogP contribution in [0.2, 0.25) is 0 Å². The second kappa shape index (κ2) is 6.11. The first kappa shape index (κ1) is 14.5. The molecule has 1 atom stereocenters. The van der Waals surface area contributed by atoms with Crippen molar-refractivity contribution in [2.45, 2.75) is 19.0 Å². The number of benzene rings is 1. The normalized spacial score (nSPS) is 20.0. The van der Waals surface area contributed by atoms with Gasteiger partial charge in [0.25, 0.3) is 5.91 Å². The number of fused-ring (bicyclic) bond motifs is 1. The molecule has 0 spiro atoms. The molecular formula is C14H16N2O3S2. The molecule has 1 aromatic carbocycles. The number of rotatable bonds is 5. The highest BCUT2D eigenvalue weighted by atomic mass is 32.2. The Hall–Kier alpha value is -1.47. The molecule has 1 N–H and O–H groups in total. The molecule has 0 radical (unpaired) electrons. The van der Waals surface area contributed by atoms with Gasteiger partial charge in [0.05, 0.1) is 6.54 Å². The molecule has 3 rings (SSSR count). The molecule has 1 fully saturated rings. The fourth-order valence-electron chi connectivity index (χ4n) is 2.38. The van der Waals surface area contributed by atoms with Crippen molar-refractivity contribution in [3.8, 4) is 11.5 Å². The summed E-state index contributed by atoms with van der Waals surface area (Å²) in [6.45, 7) is 0.704. The minimum atomic E-state index is -0.195. The average Bonchev–Trinajstić information content (AvgIpc) is 3.04. The van der Waals surface area contributed by atoms with E-state index < -0.39 is 0 Å². The van der Waals surface area contributed by atoms with Gasteiger partial charge in [-0.05, 0) is 48.3 Å². The summed E-state index contributed by atoms with van der Waals surface area (Å²) in [6, 6.07) is 5.49. The van der Waals surface area contributed by atoms with Crippen molar-refractivity contribution < 1.29 is 14.3 Å². The summed E-state index contributed by atoms with van der Waals surface area (Å²) >= 11 is 7.00. The molecule has 1 aromatic rings. The van der Waals surface area contributed by atoms with Crippen molar-refractivity contribution in [3.05, 3.63) is 23.8 Å². The van der Waals surface area contributed by atoms with Crippen LogP contribution in [0.4, 0.5) is 0 Å². The van der Waals surface area contributed by atoms with E-state index in [0.717, 1.165) is 29.2 Å². The topological polar surface area (TPSA) is 50.8 Å². The molecule has 112 valence electrons. The standard InChI is InChI=1S/C14H16N2O3S2/c1-21-5-4-10-13(17)16(14(20)15-10)7-9-2-3-11-12(6-9)19-8-18-11/h2-3,6,10H,4-5,7-8H2,1H3,(H,15,20). The van der Waals surface area contributed by atoms with Crippen LogP contribution < -0.4 is 14.8 Å². The number of thioether (sulfide) groups is 1. The van der Waals surface area contributed by atoms with Gasteiger partial charge in [-0.25, -0.2) is 0 Å². The molecule has 0 aliphatic carbocycles. The van der Waals surface area contributed by atoms with Crippen molar-refractivity contribution in [1.29, 1.82) is 0 Å². The molecule has 7 heteroatoms. The van der Waals surface area contributed by atoms with Gasteiger partial charge in [0.1, 0.15) is 6.04 Å². The van der Waals surface area contributed by atoms with Crippen LogP contribution in [0.25, 0.3) is 0 Å². The van der Waals surface area contributed by atoms with Crippen LogP contribution in [-0.2, 0) is 11.3 Å². The Morgan fingerprint density at radius 2 is 2.24 bits per heavy atom. The number of carbonyl (C=O) groups excluding carboxylic acids is 1. The summed E-state index contributed by atoms with van der Waals surface area (Å²) in [7, 11) is 0. The predicted molar refractivity (Wildman–Crippen MR) is 85.6 cm³/mol. The summed E-state index contributed by atoms with van der Waals surface area (Å²) in [5, 5.41) is 3.60. The van der Waals surface area contributed by atoms with Gasteiger partial charge in [-0.15, -0.1) is 0 Å². The Kier molecular flexibility index (Phi) is 4.21. The molecule has 0 bridgehead atoms. The first-order valence-electron chi connectivity index (χ1n) is 6.68. The van der Waals surface area contributed by atoms with Crippen molar-refractivity contribution in [3.63, 3.8) is 0 Å². The Labute approximate surface area is 133 Å². The van der Waals surface area contributed by atoms with E-state index in [9.17, 15) is 4.79 Å². The second-order valence-corrected chi connectivity index (χ2v) is 6.27. The van der Waals surface area contributed by atoms with Gasteiger partial charge in [-0.1, -0.05) is 6.07 Å². The highest BCUT2D eigenvalue weighted by Crippen LogP contribution is 2.33. The van der Waals surface area contributed by atoms with Crippen LogP contribution in [0.5, 0.6) is 11.5 Å².